The summed E-state index contributed by atoms with van der Waals surface area (Å²) in [6.45, 7) is 4.17. The Bertz CT molecular complexity index is 465. The smallest absolute Gasteiger partial charge is 0.332 e. The Morgan fingerprint density at radius 1 is 1.45 bits per heavy atom. The van der Waals surface area contributed by atoms with Crippen molar-refractivity contribution in [2.75, 3.05) is 26.9 Å². The molecule has 6 heteroatoms. The number of halogens is 1. The number of hydrogen-bond donors (Lipinski definition) is 1. The van der Waals surface area contributed by atoms with Crippen LogP contribution in [-0.4, -0.2) is 32.9 Å². The van der Waals surface area contributed by atoms with E-state index in [1.807, 2.05) is 19.1 Å². The molecule has 0 aliphatic carbocycles. The van der Waals surface area contributed by atoms with E-state index in [0.29, 0.717) is 12.4 Å². The highest BCUT2D eigenvalue weighted by Crippen LogP contribution is 2.30. The van der Waals surface area contributed by atoms with Crippen LogP contribution in [0.25, 0.3) is 0 Å². The van der Waals surface area contributed by atoms with Gasteiger partial charge in [-0.15, -0.1) is 0 Å². The highest BCUT2D eigenvalue weighted by molar-refractivity contribution is 9.10. The van der Waals surface area contributed by atoms with Crippen LogP contribution < -0.4 is 10.5 Å². The molecule has 0 saturated carbocycles. The molecule has 1 aromatic carbocycles. The number of esters is 1. The van der Waals surface area contributed by atoms with Gasteiger partial charge in [0.2, 0.25) is 0 Å². The van der Waals surface area contributed by atoms with Crippen LogP contribution in [0.15, 0.2) is 16.6 Å². The summed E-state index contributed by atoms with van der Waals surface area (Å²) < 4.78 is 16.3. The van der Waals surface area contributed by atoms with Crippen LogP contribution in [0.5, 0.6) is 5.75 Å². The van der Waals surface area contributed by atoms with Crippen molar-refractivity contribution in [1.82, 2.24) is 0 Å². The third-order valence-electron chi connectivity index (χ3n) is 2.73. The van der Waals surface area contributed by atoms with Gasteiger partial charge in [0.15, 0.2) is 0 Å². The fourth-order valence-corrected chi connectivity index (χ4v) is 2.06. The zero-order chi connectivity index (χ0) is 15.1. The van der Waals surface area contributed by atoms with E-state index < -0.39 is 5.97 Å². The van der Waals surface area contributed by atoms with Gasteiger partial charge in [-0.25, -0.2) is 4.79 Å². The minimum atomic E-state index is -0.392. The third-order valence-corrected chi connectivity index (χ3v) is 3.59. The number of benzene rings is 1. The summed E-state index contributed by atoms with van der Waals surface area (Å²) in [5.41, 5.74) is 7.96. The van der Waals surface area contributed by atoms with Crippen molar-refractivity contribution in [3.05, 3.63) is 27.7 Å². The minimum absolute atomic E-state index is 0.100. The number of hydrogen-bond acceptors (Lipinski definition) is 5. The average Bonchev–Trinajstić information content (AvgIpc) is 2.41. The molecule has 1 unspecified atom stereocenters. The third kappa shape index (κ3) is 4.77. The predicted molar refractivity (Wildman–Crippen MR) is 79.8 cm³/mol. The Morgan fingerprint density at radius 2 is 2.15 bits per heavy atom. The summed E-state index contributed by atoms with van der Waals surface area (Å²) in [5, 5.41) is 0. The first-order valence-electron chi connectivity index (χ1n) is 6.32. The van der Waals surface area contributed by atoms with Crippen LogP contribution in [0.1, 0.15) is 24.1 Å². The van der Waals surface area contributed by atoms with Gasteiger partial charge in [0, 0.05) is 10.0 Å². The molecule has 0 aliphatic rings. The van der Waals surface area contributed by atoms with E-state index in [2.05, 4.69) is 15.9 Å². The van der Waals surface area contributed by atoms with Crippen molar-refractivity contribution in [2.45, 2.75) is 19.9 Å². The van der Waals surface area contributed by atoms with Gasteiger partial charge in [-0.05, 0) is 31.5 Å². The molecule has 0 aromatic heterocycles. The standard InChI is InChI=1S/C14H20BrNO4/c1-4-20-14(17)8-19-7-12(16)10-6-11(15)9(2)5-13(10)18-3/h5-6,12H,4,7-8,16H2,1-3H3. The molecule has 5 nitrogen and oxygen atoms in total. The van der Waals surface area contributed by atoms with Crippen molar-refractivity contribution < 1.29 is 19.0 Å². The quantitative estimate of drug-likeness (QED) is 0.768. The number of nitrogens with two attached hydrogens (primary N) is 1. The normalized spacial score (nSPS) is 12.1. The molecule has 0 saturated heterocycles. The van der Waals surface area contributed by atoms with Crippen LogP contribution in [0.3, 0.4) is 0 Å². The SMILES string of the molecule is CCOC(=O)COCC(N)c1cc(Br)c(C)cc1OC. The van der Waals surface area contributed by atoms with Crippen LogP contribution >= 0.6 is 15.9 Å². The maximum absolute atomic E-state index is 11.2. The van der Waals surface area contributed by atoms with Crippen molar-refractivity contribution in [1.29, 1.82) is 0 Å². The van der Waals surface area contributed by atoms with Gasteiger partial charge in [0.05, 0.1) is 26.4 Å². The first-order valence-corrected chi connectivity index (χ1v) is 7.11. The van der Waals surface area contributed by atoms with Crippen molar-refractivity contribution >= 4 is 21.9 Å². The van der Waals surface area contributed by atoms with E-state index in [-0.39, 0.29) is 19.3 Å². The largest absolute Gasteiger partial charge is 0.496 e. The second kappa shape index (κ2) is 8.24. The minimum Gasteiger partial charge on any atom is -0.496 e. The van der Waals surface area contributed by atoms with E-state index in [4.69, 9.17) is 19.9 Å². The maximum Gasteiger partial charge on any atom is 0.332 e. The molecule has 1 rings (SSSR count). The molecule has 0 heterocycles. The molecular formula is C14H20BrNO4. The lowest BCUT2D eigenvalue weighted by Gasteiger charge is -2.17. The van der Waals surface area contributed by atoms with Gasteiger partial charge in [-0.2, -0.15) is 0 Å². The molecule has 0 aliphatic heterocycles. The lowest BCUT2D eigenvalue weighted by Crippen LogP contribution is -2.21. The molecule has 0 bridgehead atoms. The van der Waals surface area contributed by atoms with E-state index in [9.17, 15) is 4.79 Å². The number of carbonyl (C=O) groups is 1. The van der Waals surface area contributed by atoms with Gasteiger partial charge >= 0.3 is 5.97 Å². The van der Waals surface area contributed by atoms with Crippen molar-refractivity contribution in [2.24, 2.45) is 5.73 Å². The summed E-state index contributed by atoms with van der Waals surface area (Å²) in [7, 11) is 1.60. The Morgan fingerprint density at radius 3 is 2.75 bits per heavy atom. The number of carbonyl (C=O) groups excluding carboxylic acids is 1. The highest BCUT2D eigenvalue weighted by atomic mass is 79.9. The fourth-order valence-electron chi connectivity index (χ4n) is 1.70. The molecule has 0 radical (unpaired) electrons. The molecule has 112 valence electrons. The Balaban J connectivity index is 2.65. The second-order valence-electron chi connectivity index (χ2n) is 4.27. The van der Waals surface area contributed by atoms with E-state index in [1.165, 1.54) is 0 Å². The zero-order valence-corrected chi connectivity index (χ0v) is 13.5. The monoisotopic (exact) mass is 345 g/mol. The fraction of sp³-hybridized carbons (Fsp3) is 0.500. The number of methoxy groups -OCH3 is 1. The van der Waals surface area contributed by atoms with Gasteiger partial charge < -0.3 is 19.9 Å². The topological polar surface area (TPSA) is 70.8 Å². The molecule has 1 atom stereocenters. The summed E-state index contributed by atoms with van der Waals surface area (Å²) in [4.78, 5) is 11.2. The second-order valence-corrected chi connectivity index (χ2v) is 5.12. The predicted octanol–water partition coefficient (Wildman–Crippen LogP) is 2.35. The summed E-state index contributed by atoms with van der Waals surface area (Å²) in [5.74, 6) is 0.315. The lowest BCUT2D eigenvalue weighted by atomic mass is 10.0. The van der Waals surface area contributed by atoms with Gasteiger partial charge in [0.25, 0.3) is 0 Å². The molecule has 2 N–H and O–H groups in total. The molecule has 20 heavy (non-hydrogen) atoms. The van der Waals surface area contributed by atoms with Gasteiger partial charge in [-0.1, -0.05) is 15.9 Å². The van der Waals surface area contributed by atoms with Crippen LogP contribution in [0, 0.1) is 6.92 Å². The zero-order valence-electron chi connectivity index (χ0n) is 11.9. The van der Waals surface area contributed by atoms with E-state index in [0.717, 1.165) is 15.6 Å². The summed E-state index contributed by atoms with van der Waals surface area (Å²) in [6, 6.07) is 3.44. The molecule has 0 fully saturated rings. The Kier molecular flexibility index (Phi) is 6.98. The molecular weight excluding hydrogens is 326 g/mol. The van der Waals surface area contributed by atoms with Crippen molar-refractivity contribution in [3.63, 3.8) is 0 Å². The van der Waals surface area contributed by atoms with Gasteiger partial charge in [-0.3, -0.25) is 0 Å². The highest BCUT2D eigenvalue weighted by Gasteiger charge is 2.15. The van der Waals surface area contributed by atoms with E-state index >= 15 is 0 Å². The summed E-state index contributed by atoms with van der Waals surface area (Å²) in [6.07, 6.45) is 0. The number of ether oxygens (including phenoxy) is 3. The van der Waals surface area contributed by atoms with Crippen LogP contribution in [0.2, 0.25) is 0 Å². The number of rotatable bonds is 7. The van der Waals surface area contributed by atoms with Crippen LogP contribution in [0.4, 0.5) is 0 Å². The average molecular weight is 346 g/mol. The summed E-state index contributed by atoms with van der Waals surface area (Å²) >= 11 is 3.46. The van der Waals surface area contributed by atoms with E-state index in [1.54, 1.807) is 14.0 Å². The van der Waals surface area contributed by atoms with Crippen molar-refractivity contribution in [3.8, 4) is 5.75 Å². The Hall–Kier alpha value is -1.11. The molecule has 1 aromatic rings. The number of aryl methyl sites for hydroxylation is 1. The molecule has 0 amide bonds. The Labute approximate surface area is 127 Å². The first-order chi connectivity index (χ1) is 9.49. The first kappa shape index (κ1) is 16.9. The maximum atomic E-state index is 11.2. The lowest BCUT2D eigenvalue weighted by molar-refractivity contribution is -0.148. The van der Waals surface area contributed by atoms with Crippen LogP contribution in [-0.2, 0) is 14.3 Å². The molecule has 0 spiro atoms. The van der Waals surface area contributed by atoms with Gasteiger partial charge in [0.1, 0.15) is 12.4 Å².